The molecule has 0 bridgehead atoms. The molecule has 0 saturated carbocycles. The number of nitrogens with one attached hydrogen (secondary N) is 2. The summed E-state index contributed by atoms with van der Waals surface area (Å²) < 4.78 is 5.23. The van der Waals surface area contributed by atoms with Crippen LogP contribution >= 0.6 is 0 Å². The number of hydrogen-bond donors (Lipinski definition) is 2. The van der Waals surface area contributed by atoms with Crippen molar-refractivity contribution in [3.05, 3.63) is 0 Å². The summed E-state index contributed by atoms with van der Waals surface area (Å²) in [5, 5.41) is 6.36. The molecule has 0 aliphatic carbocycles. The van der Waals surface area contributed by atoms with Crippen LogP contribution in [0.15, 0.2) is 0 Å². The molecule has 17 heavy (non-hydrogen) atoms. The maximum atomic E-state index is 11.7. The van der Waals surface area contributed by atoms with Gasteiger partial charge in [-0.1, -0.05) is 0 Å². The molecule has 1 saturated heterocycles. The third-order valence-corrected chi connectivity index (χ3v) is 3.41. The molecule has 1 heterocycles. The number of hydrogen-bond acceptors (Lipinski definition) is 3. The SMILES string of the molecule is COC(C)(C)CC(=O)NCCC1CCCNC1. The van der Waals surface area contributed by atoms with Gasteiger partial charge >= 0.3 is 0 Å². The fourth-order valence-electron chi connectivity index (χ4n) is 2.11. The molecule has 1 fully saturated rings. The average molecular weight is 242 g/mol. The highest BCUT2D eigenvalue weighted by atomic mass is 16.5. The topological polar surface area (TPSA) is 50.4 Å². The summed E-state index contributed by atoms with van der Waals surface area (Å²) in [5.74, 6) is 0.806. The van der Waals surface area contributed by atoms with Crippen LogP contribution in [-0.2, 0) is 9.53 Å². The van der Waals surface area contributed by atoms with Crippen LogP contribution in [-0.4, -0.2) is 38.3 Å². The fraction of sp³-hybridized carbons (Fsp3) is 0.923. The van der Waals surface area contributed by atoms with E-state index in [9.17, 15) is 4.79 Å². The number of piperidine rings is 1. The summed E-state index contributed by atoms with van der Waals surface area (Å²) >= 11 is 0. The quantitative estimate of drug-likeness (QED) is 0.738. The van der Waals surface area contributed by atoms with Crippen LogP contribution in [0.25, 0.3) is 0 Å². The lowest BCUT2D eigenvalue weighted by atomic mass is 9.96. The van der Waals surface area contributed by atoms with Crippen molar-refractivity contribution in [2.75, 3.05) is 26.7 Å². The summed E-state index contributed by atoms with van der Waals surface area (Å²) in [6, 6.07) is 0. The summed E-state index contributed by atoms with van der Waals surface area (Å²) in [7, 11) is 1.64. The molecule has 1 atom stereocenters. The van der Waals surface area contributed by atoms with Crippen LogP contribution in [0.2, 0.25) is 0 Å². The van der Waals surface area contributed by atoms with E-state index in [0.29, 0.717) is 6.42 Å². The Balaban J connectivity index is 2.11. The summed E-state index contributed by atoms with van der Waals surface area (Å²) in [4.78, 5) is 11.7. The van der Waals surface area contributed by atoms with Crippen molar-refractivity contribution in [2.24, 2.45) is 5.92 Å². The van der Waals surface area contributed by atoms with Crippen molar-refractivity contribution in [3.8, 4) is 0 Å². The first kappa shape index (κ1) is 14.5. The Bertz CT molecular complexity index is 236. The maximum Gasteiger partial charge on any atom is 0.222 e. The predicted octanol–water partition coefficient (Wildman–Crippen LogP) is 1.31. The van der Waals surface area contributed by atoms with Crippen molar-refractivity contribution < 1.29 is 9.53 Å². The van der Waals surface area contributed by atoms with Gasteiger partial charge in [0, 0.05) is 13.7 Å². The van der Waals surface area contributed by atoms with Crippen LogP contribution in [0.4, 0.5) is 0 Å². The Morgan fingerprint density at radius 3 is 2.88 bits per heavy atom. The normalized spacial score (nSPS) is 21.2. The van der Waals surface area contributed by atoms with Gasteiger partial charge in [-0.15, -0.1) is 0 Å². The first-order valence-corrected chi connectivity index (χ1v) is 6.56. The smallest absolute Gasteiger partial charge is 0.222 e. The molecule has 4 heteroatoms. The minimum atomic E-state index is -0.365. The zero-order chi connectivity index (χ0) is 12.7. The zero-order valence-electron chi connectivity index (χ0n) is 11.3. The van der Waals surface area contributed by atoms with E-state index in [2.05, 4.69) is 10.6 Å². The number of amides is 1. The highest BCUT2D eigenvalue weighted by molar-refractivity contribution is 5.76. The lowest BCUT2D eigenvalue weighted by Gasteiger charge is -2.24. The Morgan fingerprint density at radius 1 is 1.53 bits per heavy atom. The first-order chi connectivity index (χ1) is 8.03. The van der Waals surface area contributed by atoms with Gasteiger partial charge in [-0.25, -0.2) is 0 Å². The molecule has 4 nitrogen and oxygen atoms in total. The average Bonchev–Trinajstić information content (AvgIpc) is 2.30. The maximum absolute atomic E-state index is 11.7. The van der Waals surface area contributed by atoms with Gasteiger partial charge in [-0.05, 0) is 52.1 Å². The molecule has 0 aromatic heterocycles. The van der Waals surface area contributed by atoms with Crippen LogP contribution in [0.1, 0.15) is 39.5 Å². The van der Waals surface area contributed by atoms with E-state index in [1.165, 1.54) is 12.8 Å². The monoisotopic (exact) mass is 242 g/mol. The van der Waals surface area contributed by atoms with E-state index in [-0.39, 0.29) is 11.5 Å². The molecule has 1 aliphatic rings. The number of methoxy groups -OCH3 is 1. The second-order valence-electron chi connectivity index (χ2n) is 5.49. The van der Waals surface area contributed by atoms with Gasteiger partial charge in [0.05, 0.1) is 12.0 Å². The van der Waals surface area contributed by atoms with Crippen LogP contribution < -0.4 is 10.6 Å². The Kier molecular flexibility index (Phi) is 5.92. The van der Waals surface area contributed by atoms with E-state index < -0.39 is 0 Å². The molecule has 1 amide bonds. The predicted molar refractivity (Wildman–Crippen MR) is 68.9 cm³/mol. The third-order valence-electron chi connectivity index (χ3n) is 3.41. The Hall–Kier alpha value is -0.610. The Morgan fingerprint density at radius 2 is 2.29 bits per heavy atom. The minimum Gasteiger partial charge on any atom is -0.378 e. The molecular weight excluding hydrogens is 216 g/mol. The minimum absolute atomic E-state index is 0.0839. The second kappa shape index (κ2) is 6.97. The van der Waals surface area contributed by atoms with Gasteiger partial charge in [0.2, 0.25) is 5.91 Å². The zero-order valence-corrected chi connectivity index (χ0v) is 11.3. The molecule has 1 aliphatic heterocycles. The molecule has 0 aromatic rings. The number of rotatable bonds is 6. The number of ether oxygens (including phenoxy) is 1. The van der Waals surface area contributed by atoms with E-state index in [1.54, 1.807) is 7.11 Å². The summed E-state index contributed by atoms with van der Waals surface area (Å²) in [5.41, 5.74) is -0.365. The van der Waals surface area contributed by atoms with Gasteiger partial charge in [-0.2, -0.15) is 0 Å². The lowest BCUT2D eigenvalue weighted by Crippen LogP contribution is -2.36. The molecule has 0 aromatic carbocycles. The van der Waals surface area contributed by atoms with Crippen LogP contribution in [0.5, 0.6) is 0 Å². The fourth-order valence-corrected chi connectivity index (χ4v) is 2.11. The van der Waals surface area contributed by atoms with Gasteiger partial charge in [0.25, 0.3) is 0 Å². The van der Waals surface area contributed by atoms with Crippen molar-refractivity contribution in [1.82, 2.24) is 10.6 Å². The first-order valence-electron chi connectivity index (χ1n) is 6.56. The molecule has 100 valence electrons. The van der Waals surface area contributed by atoms with Crippen molar-refractivity contribution in [3.63, 3.8) is 0 Å². The highest BCUT2D eigenvalue weighted by Crippen LogP contribution is 2.14. The van der Waals surface area contributed by atoms with Crippen LogP contribution in [0.3, 0.4) is 0 Å². The van der Waals surface area contributed by atoms with E-state index in [0.717, 1.165) is 32.0 Å². The summed E-state index contributed by atoms with van der Waals surface area (Å²) in [6.07, 6.45) is 4.04. The molecule has 0 radical (unpaired) electrons. The molecule has 0 spiro atoms. The number of carbonyl (C=O) groups excluding carboxylic acids is 1. The standard InChI is InChI=1S/C13H26N2O2/c1-13(2,17-3)9-12(16)15-8-6-11-5-4-7-14-10-11/h11,14H,4-10H2,1-3H3,(H,15,16). The van der Waals surface area contributed by atoms with E-state index >= 15 is 0 Å². The Labute approximate surface area is 104 Å². The largest absolute Gasteiger partial charge is 0.378 e. The van der Waals surface area contributed by atoms with E-state index in [1.807, 2.05) is 13.8 Å². The van der Waals surface area contributed by atoms with Crippen molar-refractivity contribution in [2.45, 2.75) is 45.1 Å². The third kappa shape index (κ3) is 6.03. The van der Waals surface area contributed by atoms with Crippen molar-refractivity contribution >= 4 is 5.91 Å². The second-order valence-corrected chi connectivity index (χ2v) is 5.49. The van der Waals surface area contributed by atoms with Crippen molar-refractivity contribution in [1.29, 1.82) is 0 Å². The molecule has 2 N–H and O–H groups in total. The van der Waals surface area contributed by atoms with Gasteiger partial charge in [-0.3, -0.25) is 4.79 Å². The van der Waals surface area contributed by atoms with Gasteiger partial charge < -0.3 is 15.4 Å². The molecular formula is C13H26N2O2. The van der Waals surface area contributed by atoms with Gasteiger partial charge in [0.1, 0.15) is 0 Å². The van der Waals surface area contributed by atoms with Gasteiger partial charge in [0.15, 0.2) is 0 Å². The molecule has 1 unspecified atom stereocenters. The molecule has 1 rings (SSSR count). The lowest BCUT2D eigenvalue weighted by molar-refractivity contribution is -0.126. The summed E-state index contributed by atoms with van der Waals surface area (Å²) in [6.45, 7) is 6.88. The van der Waals surface area contributed by atoms with E-state index in [4.69, 9.17) is 4.74 Å². The van der Waals surface area contributed by atoms with Crippen LogP contribution in [0, 0.1) is 5.92 Å². The highest BCUT2D eigenvalue weighted by Gasteiger charge is 2.21. The number of carbonyl (C=O) groups is 1.